The highest BCUT2D eigenvalue weighted by Crippen LogP contribution is 2.25. The van der Waals surface area contributed by atoms with Crippen molar-refractivity contribution < 1.29 is 23.1 Å². The van der Waals surface area contributed by atoms with Crippen LogP contribution in [-0.2, 0) is 21.4 Å². The van der Waals surface area contributed by atoms with Gasteiger partial charge in [-0.3, -0.25) is 4.79 Å². The van der Waals surface area contributed by atoms with E-state index in [-0.39, 0.29) is 23.8 Å². The van der Waals surface area contributed by atoms with Gasteiger partial charge in [0.1, 0.15) is 10.6 Å². The first-order valence-corrected chi connectivity index (χ1v) is 10.8. The second kappa shape index (κ2) is 9.29. The van der Waals surface area contributed by atoms with Gasteiger partial charge < -0.3 is 19.7 Å². The lowest BCUT2D eigenvalue weighted by Gasteiger charge is -2.16. The van der Waals surface area contributed by atoms with Crippen molar-refractivity contribution in [1.82, 2.24) is 14.2 Å². The van der Waals surface area contributed by atoms with E-state index in [1.54, 1.807) is 12.1 Å². The van der Waals surface area contributed by atoms with Gasteiger partial charge in [0.25, 0.3) is 5.91 Å². The van der Waals surface area contributed by atoms with Gasteiger partial charge in [-0.2, -0.15) is 0 Å². The summed E-state index contributed by atoms with van der Waals surface area (Å²) in [6.07, 6.45) is 3.09. The van der Waals surface area contributed by atoms with Gasteiger partial charge >= 0.3 is 0 Å². The first-order chi connectivity index (χ1) is 14.3. The molecule has 1 aromatic heterocycles. The predicted molar refractivity (Wildman–Crippen MR) is 114 cm³/mol. The van der Waals surface area contributed by atoms with E-state index in [2.05, 4.69) is 5.32 Å². The van der Waals surface area contributed by atoms with Crippen molar-refractivity contribution in [3.63, 3.8) is 0 Å². The summed E-state index contributed by atoms with van der Waals surface area (Å²) in [5.74, 6) is -0.357. The van der Waals surface area contributed by atoms with Crippen LogP contribution in [0.3, 0.4) is 0 Å². The lowest BCUT2D eigenvalue weighted by Crippen LogP contribution is -2.37. The molecule has 2 N–H and O–H groups in total. The molecule has 0 saturated heterocycles. The number of hydrogen-bond acceptors (Lipinski definition) is 5. The molecule has 0 saturated carbocycles. The fraction of sp³-hybridized carbons (Fsp3) is 0.286. The van der Waals surface area contributed by atoms with E-state index < -0.39 is 22.0 Å². The summed E-state index contributed by atoms with van der Waals surface area (Å²) in [7, 11) is -0.844. The zero-order valence-electron chi connectivity index (χ0n) is 16.9. The van der Waals surface area contributed by atoms with E-state index in [4.69, 9.17) is 4.74 Å². The van der Waals surface area contributed by atoms with Crippen LogP contribution in [0, 0.1) is 0 Å². The molecule has 3 aromatic rings. The number of benzene rings is 2. The van der Waals surface area contributed by atoms with Gasteiger partial charge in [0.05, 0.1) is 6.10 Å². The van der Waals surface area contributed by atoms with Crippen molar-refractivity contribution in [1.29, 1.82) is 0 Å². The fourth-order valence-electron chi connectivity index (χ4n) is 2.96. The quantitative estimate of drug-likeness (QED) is 0.534. The first kappa shape index (κ1) is 21.8. The summed E-state index contributed by atoms with van der Waals surface area (Å²) in [4.78, 5) is 12.1. The van der Waals surface area contributed by atoms with Crippen LogP contribution in [0.2, 0.25) is 0 Å². The molecule has 1 unspecified atom stereocenters. The van der Waals surface area contributed by atoms with Crippen molar-refractivity contribution in [2.45, 2.75) is 17.5 Å². The third kappa shape index (κ3) is 5.18. The summed E-state index contributed by atoms with van der Waals surface area (Å²) in [5.41, 5.74) is 0. The van der Waals surface area contributed by atoms with Crippen LogP contribution in [0.1, 0.15) is 0 Å². The van der Waals surface area contributed by atoms with Crippen LogP contribution >= 0.6 is 0 Å². The predicted octanol–water partition coefficient (Wildman–Crippen LogP) is 1.45. The molecular formula is C21H25N3O5S. The van der Waals surface area contributed by atoms with Crippen LogP contribution in [-0.4, -0.2) is 61.7 Å². The van der Waals surface area contributed by atoms with Gasteiger partial charge in [-0.25, -0.2) is 12.7 Å². The number of aliphatic hydroxyl groups excluding tert-OH is 1. The zero-order valence-corrected chi connectivity index (χ0v) is 17.7. The van der Waals surface area contributed by atoms with Gasteiger partial charge in [0.15, 0.2) is 6.61 Å². The molecule has 3 rings (SSSR count). The number of hydrogen-bond donors (Lipinski definition) is 2. The Hall–Kier alpha value is -2.88. The molecule has 1 heterocycles. The SMILES string of the molecule is CN(C)S(=O)(=O)c1ccccc1OCC(=O)NCC(O)Cn1cc2ccccc2c1. The summed E-state index contributed by atoms with van der Waals surface area (Å²) in [5, 5.41) is 15.0. The van der Waals surface area contributed by atoms with Gasteiger partial charge in [-0.1, -0.05) is 36.4 Å². The number of sulfonamides is 1. The highest BCUT2D eigenvalue weighted by molar-refractivity contribution is 7.89. The van der Waals surface area contributed by atoms with E-state index >= 15 is 0 Å². The maximum absolute atomic E-state index is 12.4. The number of nitrogens with one attached hydrogen (secondary N) is 1. The van der Waals surface area contributed by atoms with Crippen molar-refractivity contribution in [3.05, 3.63) is 60.9 Å². The van der Waals surface area contributed by atoms with E-state index in [1.807, 2.05) is 41.2 Å². The van der Waals surface area contributed by atoms with E-state index in [0.717, 1.165) is 15.1 Å². The van der Waals surface area contributed by atoms with Crippen LogP contribution in [0.5, 0.6) is 5.75 Å². The summed E-state index contributed by atoms with van der Waals surface area (Å²) >= 11 is 0. The molecule has 0 aliphatic rings. The van der Waals surface area contributed by atoms with E-state index in [0.29, 0.717) is 6.54 Å². The minimum Gasteiger partial charge on any atom is -0.482 e. The lowest BCUT2D eigenvalue weighted by molar-refractivity contribution is -0.123. The number of ether oxygens (including phenoxy) is 1. The Morgan fingerprint density at radius 3 is 2.33 bits per heavy atom. The number of aliphatic hydroxyl groups is 1. The normalized spacial score (nSPS) is 12.8. The molecule has 1 amide bonds. The Kier molecular flexibility index (Phi) is 6.76. The van der Waals surface area contributed by atoms with Gasteiger partial charge in [0.2, 0.25) is 10.0 Å². The van der Waals surface area contributed by atoms with E-state index in [1.165, 1.54) is 26.2 Å². The fourth-order valence-corrected chi connectivity index (χ4v) is 3.98. The molecule has 0 aliphatic carbocycles. The van der Waals surface area contributed by atoms with Crippen molar-refractivity contribution in [3.8, 4) is 5.75 Å². The van der Waals surface area contributed by atoms with Gasteiger partial charge in [-0.15, -0.1) is 0 Å². The van der Waals surface area contributed by atoms with Crippen LogP contribution < -0.4 is 10.1 Å². The number of amides is 1. The topological polar surface area (TPSA) is 101 Å². The zero-order chi connectivity index (χ0) is 21.7. The maximum Gasteiger partial charge on any atom is 0.258 e. The van der Waals surface area contributed by atoms with Crippen LogP contribution in [0.15, 0.2) is 65.8 Å². The van der Waals surface area contributed by atoms with Crippen LogP contribution in [0.4, 0.5) is 0 Å². The maximum atomic E-state index is 12.4. The molecule has 8 nitrogen and oxygen atoms in total. The molecule has 0 bridgehead atoms. The number of fused-ring (bicyclic) bond motifs is 1. The molecule has 0 radical (unpaired) electrons. The van der Waals surface area contributed by atoms with Crippen molar-refractivity contribution in [2.75, 3.05) is 27.2 Å². The second-order valence-corrected chi connectivity index (χ2v) is 9.18. The average molecular weight is 432 g/mol. The highest BCUT2D eigenvalue weighted by atomic mass is 32.2. The minimum atomic E-state index is -3.69. The minimum absolute atomic E-state index is 0.0116. The standard InChI is InChI=1S/C21H25N3O5S/c1-23(2)30(27,28)20-10-6-5-9-19(20)29-15-21(26)22-11-18(25)14-24-12-16-7-3-4-8-17(16)13-24/h3-10,12-13,18,25H,11,14-15H2,1-2H3,(H,22,26). The third-order valence-electron chi connectivity index (χ3n) is 4.53. The number of nitrogens with zero attached hydrogens (tertiary/aromatic N) is 2. The Balaban J connectivity index is 1.52. The van der Waals surface area contributed by atoms with Crippen molar-refractivity contribution in [2.24, 2.45) is 0 Å². The number of para-hydroxylation sites is 1. The molecule has 9 heteroatoms. The lowest BCUT2D eigenvalue weighted by atomic mass is 10.2. The number of rotatable bonds is 9. The second-order valence-electron chi connectivity index (χ2n) is 7.06. The molecular weight excluding hydrogens is 406 g/mol. The summed E-state index contributed by atoms with van der Waals surface area (Å²) in [6, 6.07) is 14.0. The summed E-state index contributed by atoms with van der Waals surface area (Å²) < 4.78 is 33.1. The molecule has 0 aliphatic heterocycles. The average Bonchev–Trinajstić information content (AvgIpc) is 3.13. The number of aromatic nitrogens is 1. The van der Waals surface area contributed by atoms with Gasteiger partial charge in [0, 0.05) is 39.6 Å². The third-order valence-corrected chi connectivity index (χ3v) is 6.38. The molecule has 160 valence electrons. The first-order valence-electron chi connectivity index (χ1n) is 9.41. The Morgan fingerprint density at radius 1 is 1.10 bits per heavy atom. The van der Waals surface area contributed by atoms with E-state index in [9.17, 15) is 18.3 Å². The molecule has 2 aromatic carbocycles. The molecule has 0 fully saturated rings. The van der Waals surface area contributed by atoms with Crippen LogP contribution in [0.25, 0.3) is 10.8 Å². The number of carbonyl (C=O) groups is 1. The highest BCUT2D eigenvalue weighted by Gasteiger charge is 2.22. The smallest absolute Gasteiger partial charge is 0.258 e. The molecule has 1 atom stereocenters. The molecule has 30 heavy (non-hydrogen) atoms. The largest absolute Gasteiger partial charge is 0.482 e. The van der Waals surface area contributed by atoms with Crippen molar-refractivity contribution >= 4 is 26.7 Å². The Labute approximate surface area is 175 Å². The Morgan fingerprint density at radius 2 is 1.70 bits per heavy atom. The monoisotopic (exact) mass is 431 g/mol. The summed E-state index contributed by atoms with van der Waals surface area (Å²) in [6.45, 7) is 0.0220. The van der Waals surface area contributed by atoms with Gasteiger partial charge in [-0.05, 0) is 22.9 Å². The number of carbonyl (C=O) groups excluding carboxylic acids is 1. The molecule has 0 spiro atoms. The Bertz CT molecular complexity index is 1090.